The van der Waals surface area contributed by atoms with Crippen LogP contribution in [0.15, 0.2) is 0 Å². The SMILES string of the molecule is CC(C)(C)[SiH](C#CCC1CCCCC1)C(C)(C)C. The molecule has 1 aliphatic rings. The summed E-state index contributed by atoms with van der Waals surface area (Å²) in [7, 11) is -1.04. The molecule has 1 fully saturated rings. The van der Waals surface area contributed by atoms with Crippen LogP contribution in [0.1, 0.15) is 80.1 Å². The maximum Gasteiger partial charge on any atom is 0.133 e. The highest BCUT2D eigenvalue weighted by Gasteiger charge is 2.35. The first-order valence-corrected chi connectivity index (χ1v) is 9.43. The molecule has 0 radical (unpaired) electrons. The van der Waals surface area contributed by atoms with Crippen molar-refractivity contribution in [1.82, 2.24) is 0 Å². The highest BCUT2D eigenvalue weighted by atomic mass is 28.3. The molecule has 1 rings (SSSR count). The lowest BCUT2D eigenvalue weighted by atomic mass is 9.87. The Labute approximate surface area is 117 Å². The van der Waals surface area contributed by atoms with E-state index in [-0.39, 0.29) is 0 Å². The minimum absolute atomic E-state index is 0.414. The molecule has 0 aromatic heterocycles. The normalized spacial score (nSPS) is 18.6. The van der Waals surface area contributed by atoms with Gasteiger partial charge in [0, 0.05) is 6.42 Å². The van der Waals surface area contributed by atoms with E-state index in [0.29, 0.717) is 10.1 Å². The minimum atomic E-state index is -1.04. The zero-order valence-electron chi connectivity index (χ0n) is 13.4. The summed E-state index contributed by atoms with van der Waals surface area (Å²) in [5.41, 5.74) is 3.74. The molecule has 0 aliphatic heterocycles. The molecule has 0 bridgehead atoms. The summed E-state index contributed by atoms with van der Waals surface area (Å²) < 4.78 is 0. The molecule has 1 aliphatic carbocycles. The highest BCUT2D eigenvalue weighted by molar-refractivity contribution is 6.73. The zero-order valence-corrected chi connectivity index (χ0v) is 14.6. The second-order valence-electron chi connectivity index (χ2n) is 8.19. The summed E-state index contributed by atoms with van der Waals surface area (Å²) in [4.78, 5) is 0. The van der Waals surface area contributed by atoms with Crippen LogP contribution in [-0.2, 0) is 0 Å². The van der Waals surface area contributed by atoms with Gasteiger partial charge in [-0.25, -0.2) is 0 Å². The van der Waals surface area contributed by atoms with E-state index in [1.165, 1.54) is 32.1 Å². The number of hydrogen-bond acceptors (Lipinski definition) is 0. The van der Waals surface area contributed by atoms with Gasteiger partial charge in [-0.2, -0.15) is 0 Å². The van der Waals surface area contributed by atoms with Gasteiger partial charge in [-0.05, 0) is 28.8 Å². The minimum Gasteiger partial charge on any atom is -0.134 e. The van der Waals surface area contributed by atoms with Crippen LogP contribution in [0.5, 0.6) is 0 Å². The van der Waals surface area contributed by atoms with Gasteiger partial charge in [0.1, 0.15) is 8.80 Å². The second kappa shape index (κ2) is 6.28. The molecule has 0 nitrogen and oxygen atoms in total. The summed E-state index contributed by atoms with van der Waals surface area (Å²) in [6, 6.07) is 0. The van der Waals surface area contributed by atoms with Crippen molar-refractivity contribution < 1.29 is 0 Å². The maximum atomic E-state index is 3.74. The van der Waals surface area contributed by atoms with Gasteiger partial charge >= 0.3 is 0 Å². The van der Waals surface area contributed by atoms with Crippen molar-refractivity contribution >= 4 is 8.80 Å². The molecule has 0 saturated heterocycles. The molecule has 0 atom stereocenters. The van der Waals surface area contributed by atoms with Crippen LogP contribution in [0.2, 0.25) is 10.1 Å². The van der Waals surface area contributed by atoms with Crippen molar-refractivity contribution in [2.45, 2.75) is 90.1 Å². The fourth-order valence-electron chi connectivity index (χ4n) is 3.43. The van der Waals surface area contributed by atoms with E-state index in [9.17, 15) is 0 Å². The Morgan fingerprint density at radius 1 is 0.889 bits per heavy atom. The summed E-state index contributed by atoms with van der Waals surface area (Å²) >= 11 is 0. The predicted molar refractivity (Wildman–Crippen MR) is 85.5 cm³/mol. The van der Waals surface area contributed by atoms with E-state index < -0.39 is 8.80 Å². The standard InChI is InChI=1S/C17H32Si/c1-16(2,3)18(17(4,5)6)14-10-13-15-11-8-7-9-12-15/h15,18H,7-9,11-13H2,1-6H3. The van der Waals surface area contributed by atoms with Gasteiger partial charge in [-0.3, -0.25) is 0 Å². The molecular formula is C17H32Si. The molecular weight excluding hydrogens is 232 g/mol. The average Bonchev–Trinajstić information content (AvgIpc) is 2.22. The van der Waals surface area contributed by atoms with E-state index in [0.717, 1.165) is 12.3 Å². The van der Waals surface area contributed by atoms with Crippen LogP contribution in [0.3, 0.4) is 0 Å². The molecule has 0 unspecified atom stereocenters. The Balaban J connectivity index is 2.61. The van der Waals surface area contributed by atoms with Crippen molar-refractivity contribution in [3.05, 3.63) is 0 Å². The van der Waals surface area contributed by atoms with Crippen molar-refractivity contribution in [2.24, 2.45) is 5.92 Å². The molecule has 104 valence electrons. The van der Waals surface area contributed by atoms with E-state index in [4.69, 9.17) is 0 Å². The molecule has 1 heteroatoms. The largest absolute Gasteiger partial charge is 0.134 e. The van der Waals surface area contributed by atoms with Crippen LogP contribution in [0.25, 0.3) is 0 Å². The molecule has 0 aromatic rings. The van der Waals surface area contributed by atoms with Crippen molar-refractivity contribution in [3.63, 3.8) is 0 Å². The predicted octanol–water partition coefficient (Wildman–Crippen LogP) is 5.33. The van der Waals surface area contributed by atoms with Crippen LogP contribution in [-0.4, -0.2) is 8.80 Å². The van der Waals surface area contributed by atoms with Gasteiger partial charge in [-0.1, -0.05) is 60.8 Å². The number of hydrogen-bond donors (Lipinski definition) is 0. The molecule has 18 heavy (non-hydrogen) atoms. The van der Waals surface area contributed by atoms with E-state index in [1.807, 2.05) is 0 Å². The van der Waals surface area contributed by atoms with Crippen molar-refractivity contribution in [2.75, 3.05) is 0 Å². The Morgan fingerprint density at radius 3 is 1.83 bits per heavy atom. The summed E-state index contributed by atoms with van der Waals surface area (Å²) in [6.07, 6.45) is 8.33. The molecule has 0 aromatic carbocycles. The van der Waals surface area contributed by atoms with Crippen molar-refractivity contribution in [3.8, 4) is 11.5 Å². The maximum absolute atomic E-state index is 3.74. The van der Waals surface area contributed by atoms with Crippen molar-refractivity contribution in [1.29, 1.82) is 0 Å². The van der Waals surface area contributed by atoms with E-state index in [1.54, 1.807) is 0 Å². The van der Waals surface area contributed by atoms with E-state index in [2.05, 4.69) is 53.0 Å². The molecule has 0 heterocycles. The first kappa shape index (κ1) is 15.8. The fraction of sp³-hybridized carbons (Fsp3) is 0.882. The van der Waals surface area contributed by atoms with Crippen LogP contribution in [0.4, 0.5) is 0 Å². The lowest BCUT2D eigenvalue weighted by Crippen LogP contribution is -2.33. The third-order valence-electron chi connectivity index (χ3n) is 4.09. The smallest absolute Gasteiger partial charge is 0.133 e. The molecule has 0 amide bonds. The van der Waals surface area contributed by atoms with Crippen LogP contribution in [0, 0.1) is 17.4 Å². The summed E-state index contributed by atoms with van der Waals surface area (Å²) in [5.74, 6) is 4.48. The monoisotopic (exact) mass is 264 g/mol. The first-order chi connectivity index (χ1) is 8.21. The zero-order chi connectivity index (χ0) is 13.8. The Bertz CT molecular complexity index is 285. The third kappa shape index (κ3) is 5.18. The van der Waals surface area contributed by atoms with Crippen LogP contribution >= 0.6 is 0 Å². The Morgan fingerprint density at radius 2 is 1.39 bits per heavy atom. The number of rotatable bonds is 1. The first-order valence-electron chi connectivity index (χ1n) is 7.69. The second-order valence-corrected chi connectivity index (χ2v) is 12.8. The molecule has 0 spiro atoms. The topological polar surface area (TPSA) is 0 Å². The summed E-state index contributed by atoms with van der Waals surface area (Å²) in [5, 5.41) is 0.829. The third-order valence-corrected chi connectivity index (χ3v) is 8.05. The fourth-order valence-corrected chi connectivity index (χ4v) is 7.21. The van der Waals surface area contributed by atoms with Gasteiger partial charge in [0.05, 0.1) is 0 Å². The van der Waals surface area contributed by atoms with Gasteiger partial charge in [0.2, 0.25) is 0 Å². The average molecular weight is 265 g/mol. The van der Waals surface area contributed by atoms with Gasteiger partial charge in [0.15, 0.2) is 0 Å². The summed E-state index contributed by atoms with van der Waals surface area (Å²) in [6.45, 7) is 14.3. The lowest BCUT2D eigenvalue weighted by Gasteiger charge is -2.35. The van der Waals surface area contributed by atoms with Crippen LogP contribution < -0.4 is 0 Å². The Hall–Kier alpha value is -0.223. The van der Waals surface area contributed by atoms with E-state index >= 15 is 0 Å². The Kier molecular flexibility index (Phi) is 5.53. The lowest BCUT2D eigenvalue weighted by molar-refractivity contribution is 0.365. The molecule has 1 saturated carbocycles. The van der Waals surface area contributed by atoms with Gasteiger partial charge in [-0.15, -0.1) is 11.5 Å². The molecule has 0 N–H and O–H groups in total. The van der Waals surface area contributed by atoms with Gasteiger partial charge < -0.3 is 0 Å². The quantitative estimate of drug-likeness (QED) is 0.444. The van der Waals surface area contributed by atoms with Gasteiger partial charge in [0.25, 0.3) is 0 Å². The highest BCUT2D eigenvalue weighted by Crippen LogP contribution is 2.41.